The van der Waals surface area contributed by atoms with Gasteiger partial charge in [-0.25, -0.2) is 16.8 Å². The Hall–Kier alpha value is -0.340. The van der Waals surface area contributed by atoms with Crippen LogP contribution in [0.15, 0.2) is 105 Å². The number of rotatable bonds is 13. The Balaban J connectivity index is 0.00000336. The zero-order valence-electron chi connectivity index (χ0n) is 30.9. The topological polar surface area (TPSA) is 311 Å². The van der Waals surface area contributed by atoms with E-state index in [0.717, 1.165) is 6.07 Å². The van der Waals surface area contributed by atoms with Gasteiger partial charge in [-0.05, 0) is 98.9 Å². The first-order chi connectivity index (χ1) is 25.1. The van der Waals surface area contributed by atoms with Gasteiger partial charge in [0.2, 0.25) is 17.8 Å². The summed E-state index contributed by atoms with van der Waals surface area (Å²) in [6.07, 6.45) is 0. The Bertz CT molecular complexity index is 2710. The molecule has 0 fully saturated rings. The molecule has 0 amide bonds. The van der Waals surface area contributed by atoms with Crippen LogP contribution in [0.2, 0.25) is 0 Å². The Labute approximate surface area is 447 Å². The number of carbonyl (C=O) groups is 1. The third-order valence-corrected chi connectivity index (χ3v) is 10.1. The summed E-state index contributed by atoms with van der Waals surface area (Å²) in [6, 6.07) is 18.0. The van der Waals surface area contributed by atoms with E-state index in [-0.39, 0.29) is 203 Å². The van der Waals surface area contributed by atoms with Gasteiger partial charge in [-0.2, -0.15) is 19.3 Å². The van der Waals surface area contributed by atoms with E-state index in [0.29, 0.717) is 34.6 Å². The quantitative estimate of drug-likeness (QED) is 0.0242. The van der Waals surface area contributed by atoms with Crippen molar-refractivity contribution in [2.24, 2.45) is 0 Å². The molecular formula is C30H17N6Na5O13S4. The van der Waals surface area contributed by atoms with Crippen molar-refractivity contribution in [2.45, 2.75) is 19.6 Å². The average Bonchev–Trinajstić information content (AvgIpc) is 3.09. The van der Waals surface area contributed by atoms with Crippen molar-refractivity contribution < 1.29 is 207 Å². The minimum Gasteiger partial charge on any atom is -0.768 e. The fourth-order valence-corrected chi connectivity index (χ4v) is 7.39. The number of carboxylic acid groups (broad SMARTS) is 1. The van der Waals surface area contributed by atoms with Gasteiger partial charge in [0.25, 0.3) is 0 Å². The van der Waals surface area contributed by atoms with Crippen molar-refractivity contribution in [3.63, 3.8) is 0 Å². The van der Waals surface area contributed by atoms with Crippen molar-refractivity contribution >= 4 is 106 Å². The first-order valence-corrected chi connectivity index (χ1v) is 18.9. The standard InChI is InChI=1S/C30H22N6O13S4.5Na/c37-27(38)15-2-1-3-18(8-15)31-28-34-29(32-19-4-6-23-16(9-19)11-21(51(40)41)13-25(23)50-49-48-39)36-30(35-28)33-20-5-7-24-17(10-20)12-22(52(42,43)44)14-26(24)53(45,46)47;;;;;/h1-14,39H,(H,37,38)(H,40,41)(H,42,43,44)(H,45,46,47)(H3,31,32,33,34,35,36);;;;;/q;5*+1/p-5. The van der Waals surface area contributed by atoms with Gasteiger partial charge in [-0.1, -0.05) is 24.3 Å². The first kappa shape index (κ1) is 55.7. The maximum absolute atomic E-state index is 11.9. The van der Waals surface area contributed by atoms with E-state index < -0.39 is 47.1 Å². The average molecular weight is 913 g/mol. The van der Waals surface area contributed by atoms with Crippen LogP contribution in [0, 0.1) is 0 Å². The van der Waals surface area contributed by atoms with Gasteiger partial charge in [0.1, 0.15) is 20.2 Å². The van der Waals surface area contributed by atoms with Crippen LogP contribution in [0.25, 0.3) is 21.5 Å². The second-order valence-electron chi connectivity index (χ2n) is 10.6. The van der Waals surface area contributed by atoms with Crippen molar-refractivity contribution in [2.75, 3.05) is 16.0 Å². The molecule has 6 aromatic rings. The van der Waals surface area contributed by atoms with Gasteiger partial charge in [-0.15, -0.1) is 0 Å². The number of aromatic carboxylic acids is 1. The largest absolute Gasteiger partial charge is 1.00 e. The number of anilines is 6. The van der Waals surface area contributed by atoms with Gasteiger partial charge in [0, 0.05) is 26.9 Å². The van der Waals surface area contributed by atoms with Crippen LogP contribution in [-0.2, 0) is 40.7 Å². The second-order valence-corrected chi connectivity index (χ2v) is 15.0. The van der Waals surface area contributed by atoms with E-state index >= 15 is 0 Å². The van der Waals surface area contributed by atoms with Crippen molar-refractivity contribution in [3.8, 4) is 0 Å². The molecule has 1 unspecified atom stereocenters. The number of benzene rings is 5. The number of nitrogens with zero attached hydrogens (tertiary/aromatic N) is 3. The number of hydrogen-bond donors (Lipinski definition) is 3. The van der Waals surface area contributed by atoms with Gasteiger partial charge in [0.15, 0.2) is 0 Å². The molecule has 1 atom stereocenters. The summed E-state index contributed by atoms with van der Waals surface area (Å²) in [6.45, 7) is 0. The molecule has 0 saturated carbocycles. The van der Waals surface area contributed by atoms with Gasteiger partial charge >= 0.3 is 148 Å². The SMILES string of the molecule is O=C([O-])c1cccc(Nc2nc(Nc3ccc4c(SOO[O-])cc(S(=O)[O-])cc4c3)nc(Nc3ccc4c(S(=O)(=O)[O-])cc(S(=O)(=O)[O-])cc4c3)n2)c1.[Na+].[Na+].[Na+].[Na+].[Na+]. The van der Waals surface area contributed by atoms with Crippen molar-refractivity contribution in [3.05, 3.63) is 90.5 Å². The molecule has 274 valence electrons. The molecule has 0 aliphatic carbocycles. The molecule has 0 spiro atoms. The third-order valence-electron chi connectivity index (χ3n) is 7.18. The third kappa shape index (κ3) is 14.3. The molecule has 0 bridgehead atoms. The van der Waals surface area contributed by atoms with E-state index in [4.69, 9.17) is 0 Å². The molecule has 1 aromatic heterocycles. The zero-order chi connectivity index (χ0) is 38.1. The Kier molecular flexibility index (Phi) is 23.0. The van der Waals surface area contributed by atoms with E-state index in [2.05, 4.69) is 40.3 Å². The van der Waals surface area contributed by atoms with E-state index in [1.165, 1.54) is 60.7 Å². The summed E-state index contributed by atoms with van der Waals surface area (Å²) in [5, 5.41) is 34.5. The van der Waals surface area contributed by atoms with E-state index in [9.17, 15) is 49.9 Å². The molecule has 0 aliphatic heterocycles. The molecular weight excluding hydrogens is 896 g/mol. The number of carbonyl (C=O) groups excluding carboxylic acids is 1. The summed E-state index contributed by atoms with van der Waals surface area (Å²) >= 11 is -2.16. The van der Waals surface area contributed by atoms with E-state index in [1.54, 1.807) is 12.1 Å². The van der Waals surface area contributed by atoms with Crippen LogP contribution < -0.4 is 174 Å². The van der Waals surface area contributed by atoms with Gasteiger partial charge < -0.3 is 44.8 Å². The van der Waals surface area contributed by atoms with Crippen LogP contribution in [0.5, 0.6) is 0 Å². The fourth-order valence-electron chi connectivity index (χ4n) is 4.99. The maximum Gasteiger partial charge on any atom is 1.00 e. The molecule has 5 aromatic carbocycles. The molecule has 58 heavy (non-hydrogen) atoms. The van der Waals surface area contributed by atoms with Crippen molar-refractivity contribution in [1.82, 2.24) is 15.0 Å². The summed E-state index contributed by atoms with van der Waals surface area (Å²) in [5.41, 5.74) is 0.535. The van der Waals surface area contributed by atoms with Gasteiger partial charge in [-0.3, -0.25) is 9.25 Å². The monoisotopic (exact) mass is 912 g/mol. The minimum atomic E-state index is -5.21. The smallest absolute Gasteiger partial charge is 0.768 e. The number of hydrogen-bond acceptors (Lipinski definition) is 20. The molecule has 28 heteroatoms. The Morgan fingerprint density at radius 1 is 0.672 bits per heavy atom. The maximum atomic E-state index is 11.9. The molecule has 0 saturated heterocycles. The predicted octanol–water partition coefficient (Wildman–Crippen LogP) is -12.9. The predicted molar refractivity (Wildman–Crippen MR) is 179 cm³/mol. The number of aromatic nitrogens is 3. The van der Waals surface area contributed by atoms with Crippen molar-refractivity contribution in [1.29, 1.82) is 0 Å². The normalized spacial score (nSPS) is 11.4. The fraction of sp³-hybridized carbons (Fsp3) is 0. The Morgan fingerprint density at radius 2 is 1.19 bits per heavy atom. The van der Waals surface area contributed by atoms with E-state index in [1.807, 2.05) is 0 Å². The van der Waals surface area contributed by atoms with Crippen LogP contribution in [0.3, 0.4) is 0 Å². The molecule has 0 radical (unpaired) electrons. The zero-order valence-corrected chi connectivity index (χ0v) is 44.1. The molecule has 19 nitrogen and oxygen atoms in total. The van der Waals surface area contributed by atoms with Crippen LogP contribution in [0.4, 0.5) is 34.9 Å². The van der Waals surface area contributed by atoms with Gasteiger partial charge in [0.05, 0.1) is 27.8 Å². The number of fused-ring (bicyclic) bond motifs is 2. The molecule has 3 N–H and O–H groups in total. The van der Waals surface area contributed by atoms with Crippen LogP contribution in [0.1, 0.15) is 10.4 Å². The second kappa shape index (κ2) is 23.9. The van der Waals surface area contributed by atoms with Crippen LogP contribution in [-0.4, -0.2) is 55.6 Å². The number of carboxylic acids is 1. The Morgan fingerprint density at radius 3 is 1.67 bits per heavy atom. The summed E-state index contributed by atoms with van der Waals surface area (Å²) in [4.78, 5) is 22.6. The summed E-state index contributed by atoms with van der Waals surface area (Å²) < 4.78 is 98.9. The molecule has 0 aliphatic rings. The molecule has 6 rings (SSSR count). The summed E-state index contributed by atoms with van der Waals surface area (Å²) in [7, 11) is -10.4. The first-order valence-electron chi connectivity index (χ1n) is 14.3. The minimum absolute atomic E-state index is 0. The summed E-state index contributed by atoms with van der Waals surface area (Å²) in [5.74, 6) is -1.89. The molecule has 1 heterocycles. The number of nitrogens with one attached hydrogen (secondary N) is 3. The van der Waals surface area contributed by atoms with Crippen LogP contribution >= 0.6 is 12.0 Å².